The fourth-order valence-corrected chi connectivity index (χ4v) is 3.42. The maximum Gasteiger partial charge on any atom is 2.00 e. The molecular weight excluding hydrogens is 535 g/mol. The molecule has 2 aromatic carbocycles. The summed E-state index contributed by atoms with van der Waals surface area (Å²) in [6, 6.07) is 17.0. The van der Waals surface area contributed by atoms with E-state index in [1.54, 1.807) is 0 Å². The Morgan fingerprint density at radius 1 is 0.806 bits per heavy atom. The van der Waals surface area contributed by atoms with Crippen LogP contribution in [0.3, 0.4) is 0 Å². The summed E-state index contributed by atoms with van der Waals surface area (Å²) in [5, 5.41) is 0. The fraction of sp³-hybridized carbons (Fsp3) is 0.0741. The van der Waals surface area contributed by atoms with Crippen molar-refractivity contribution in [3.05, 3.63) is 129 Å². The van der Waals surface area contributed by atoms with Gasteiger partial charge < -0.3 is 24.0 Å². The van der Waals surface area contributed by atoms with Gasteiger partial charge in [-0.2, -0.15) is 0 Å². The van der Waals surface area contributed by atoms with Gasteiger partial charge in [0, 0.05) is 12.0 Å². The molecule has 0 unspecified atom stereocenters. The van der Waals surface area contributed by atoms with Crippen LogP contribution in [-0.2, 0) is 23.6 Å². The maximum atomic E-state index is 3.54. The van der Waals surface area contributed by atoms with Gasteiger partial charge in [-0.15, -0.1) is 0 Å². The smallest absolute Gasteiger partial charge is 1.00 e. The van der Waals surface area contributed by atoms with Crippen LogP contribution in [0, 0.1) is 70.6 Å². The zero-order valence-electron chi connectivity index (χ0n) is 17.4. The maximum absolute atomic E-state index is 3.54. The Morgan fingerprint density at radius 3 is 2.16 bits per heavy atom. The second kappa shape index (κ2) is 13.4. The van der Waals surface area contributed by atoms with Crippen LogP contribution in [0.1, 0.15) is 17.0 Å². The Morgan fingerprint density at radius 2 is 1.48 bits per heavy atom. The van der Waals surface area contributed by atoms with Gasteiger partial charge in [-0.25, -0.2) is 9.55 Å². The fourth-order valence-electron chi connectivity index (χ4n) is 3.42. The number of H-pyrrole nitrogens is 1. The van der Waals surface area contributed by atoms with Gasteiger partial charge in [-0.05, 0) is 88.5 Å². The first-order valence-corrected chi connectivity index (χ1v) is 9.92. The van der Waals surface area contributed by atoms with E-state index >= 15 is 0 Å². The quantitative estimate of drug-likeness (QED) is 0.288. The summed E-state index contributed by atoms with van der Waals surface area (Å²) in [7, 11) is 0. The largest absolute Gasteiger partial charge is 2.00 e. The Balaban J connectivity index is 0.000000432. The molecule has 0 atom stereocenters. The van der Waals surface area contributed by atoms with E-state index in [0.717, 1.165) is 17.9 Å². The number of aromatic nitrogens is 2. The van der Waals surface area contributed by atoms with E-state index in [0.29, 0.717) is 0 Å². The van der Waals surface area contributed by atoms with Gasteiger partial charge >= 0.3 is 17.1 Å². The van der Waals surface area contributed by atoms with Crippen molar-refractivity contribution < 1.29 is 45.6 Å². The molecule has 1 N–H and O–H groups in total. The van der Waals surface area contributed by atoms with E-state index in [1.165, 1.54) is 22.6 Å². The molecule has 1 aromatic heterocycles. The molecule has 0 spiro atoms. The normalized spacial score (nSPS) is 16.0. The van der Waals surface area contributed by atoms with Crippen LogP contribution in [-0.4, -0.2) is 4.98 Å². The monoisotopic (exact) mass is 560 g/mol. The molecule has 5 rings (SSSR count). The molecule has 31 heavy (non-hydrogen) atoms. The zero-order chi connectivity index (χ0) is 19.9. The van der Waals surface area contributed by atoms with Crippen molar-refractivity contribution in [3.63, 3.8) is 0 Å². The minimum atomic E-state index is 0. The first-order valence-electron chi connectivity index (χ1n) is 9.92. The van der Waals surface area contributed by atoms with Gasteiger partial charge in [-0.3, -0.25) is 0 Å². The average molecular weight is 560 g/mol. The van der Waals surface area contributed by atoms with Crippen LogP contribution in [0.25, 0.3) is 23.2 Å². The molecule has 156 valence electrons. The van der Waals surface area contributed by atoms with Gasteiger partial charge in [-0.1, -0.05) is 42.0 Å². The Labute approximate surface area is 215 Å². The molecule has 0 saturated heterocycles. The van der Waals surface area contributed by atoms with Crippen molar-refractivity contribution in [1.29, 1.82) is 0 Å². The van der Waals surface area contributed by atoms with E-state index in [-0.39, 0.29) is 41.0 Å². The SMILES string of the molecule is Cc1cccc(/C=C/c2[nH]c3ccccc3[n+]2C[C]2[CH][CH][CH][CH]2)c1.[CH]1[CH][CH][CH][CH]1.[Fe+2].[I-]. The van der Waals surface area contributed by atoms with Crippen LogP contribution in [0.2, 0.25) is 0 Å². The molecule has 2 saturated carbocycles. The number of hydrogen-bond acceptors (Lipinski definition) is 0. The number of aromatic amines is 1. The van der Waals surface area contributed by atoms with E-state index in [4.69, 9.17) is 0 Å². The third-order valence-corrected chi connectivity index (χ3v) is 4.85. The summed E-state index contributed by atoms with van der Waals surface area (Å²) in [5.41, 5.74) is 4.88. The van der Waals surface area contributed by atoms with Gasteiger partial charge in [0.05, 0.1) is 6.54 Å². The van der Waals surface area contributed by atoms with Gasteiger partial charge in [0.15, 0.2) is 11.0 Å². The molecule has 0 bridgehead atoms. The van der Waals surface area contributed by atoms with Crippen molar-refractivity contribution in [2.24, 2.45) is 0 Å². The number of para-hydroxylation sites is 2. The van der Waals surface area contributed by atoms with Crippen LogP contribution < -0.4 is 28.5 Å². The molecule has 2 nitrogen and oxygen atoms in total. The predicted octanol–water partition coefficient (Wildman–Crippen LogP) is 2.36. The predicted molar refractivity (Wildman–Crippen MR) is 121 cm³/mol. The summed E-state index contributed by atoms with van der Waals surface area (Å²) in [4.78, 5) is 3.54. The number of aryl methyl sites for hydroxylation is 1. The Kier molecular flexibility index (Phi) is 11.3. The first-order chi connectivity index (χ1) is 14.3. The summed E-state index contributed by atoms with van der Waals surface area (Å²) >= 11 is 0. The van der Waals surface area contributed by atoms with E-state index in [2.05, 4.69) is 103 Å². The number of nitrogens with zero attached hydrogens (tertiary/aromatic N) is 1. The van der Waals surface area contributed by atoms with Crippen LogP contribution in [0.15, 0.2) is 48.5 Å². The number of fused-ring (bicyclic) bond motifs is 1. The second-order valence-corrected chi connectivity index (χ2v) is 7.12. The standard InChI is InChI=1S/C22H19N2.C5H5.Fe.HI/c1-17-7-6-10-18(15-17)13-14-22-23-20-11-4-5-12-21(20)24(22)16-19-8-2-3-9-19;1-2-4-5-3-1;;/h2-15H,16H2,1H3;1-5H;;1H/q;;+2;/b14-13+;;;. The van der Waals surface area contributed by atoms with Crippen molar-refractivity contribution in [2.75, 3.05) is 0 Å². The van der Waals surface area contributed by atoms with Gasteiger partial charge in [0.25, 0.3) is 5.82 Å². The molecule has 1 heterocycles. The second-order valence-electron chi connectivity index (χ2n) is 7.12. The molecule has 10 radical (unpaired) electrons. The third-order valence-electron chi connectivity index (χ3n) is 4.85. The summed E-state index contributed by atoms with van der Waals surface area (Å²) in [5.74, 6) is 2.42. The number of benzene rings is 2. The third kappa shape index (κ3) is 7.47. The van der Waals surface area contributed by atoms with Crippen molar-refractivity contribution in [1.82, 2.24) is 4.98 Å². The van der Waals surface area contributed by atoms with Crippen LogP contribution in [0.4, 0.5) is 0 Å². The summed E-state index contributed by atoms with van der Waals surface area (Å²) in [6.07, 6.45) is 22.8. The zero-order valence-corrected chi connectivity index (χ0v) is 20.6. The van der Waals surface area contributed by atoms with E-state index in [9.17, 15) is 0 Å². The van der Waals surface area contributed by atoms with E-state index < -0.39 is 0 Å². The van der Waals surface area contributed by atoms with Gasteiger partial charge in [0.1, 0.15) is 0 Å². The topological polar surface area (TPSA) is 19.7 Å². The average Bonchev–Trinajstić information content (AvgIpc) is 3.51. The molecule has 2 aliphatic rings. The number of hydrogen-bond donors (Lipinski definition) is 1. The molecule has 4 heteroatoms. The van der Waals surface area contributed by atoms with Gasteiger partial charge in [0.2, 0.25) is 0 Å². The molecule has 2 aliphatic carbocycles. The van der Waals surface area contributed by atoms with E-state index in [1.807, 2.05) is 32.1 Å². The minimum absolute atomic E-state index is 0. The summed E-state index contributed by atoms with van der Waals surface area (Å²) in [6.45, 7) is 2.99. The van der Waals surface area contributed by atoms with Crippen molar-refractivity contribution in [2.45, 2.75) is 13.5 Å². The van der Waals surface area contributed by atoms with Crippen molar-refractivity contribution >= 4 is 23.2 Å². The Hall–Kier alpha value is -1.10. The summed E-state index contributed by atoms with van der Waals surface area (Å²) < 4.78 is 2.33. The Bertz CT molecular complexity index is 945. The minimum Gasteiger partial charge on any atom is -1.00 e. The molecule has 2 fully saturated rings. The molecule has 0 aliphatic heterocycles. The molecule has 0 amide bonds. The molecular formula is C27H25FeIN2+2. The molecule has 3 aromatic rings. The first kappa shape index (κ1) is 26.2. The number of nitrogens with one attached hydrogen (secondary N) is 1. The number of halogens is 1. The number of rotatable bonds is 4. The van der Waals surface area contributed by atoms with Crippen LogP contribution in [0.5, 0.6) is 0 Å². The van der Waals surface area contributed by atoms with Crippen molar-refractivity contribution in [3.8, 4) is 0 Å². The number of imidazole rings is 1. The van der Waals surface area contributed by atoms with Crippen LogP contribution >= 0.6 is 0 Å².